The lowest BCUT2D eigenvalue weighted by Gasteiger charge is -2.30. The number of anilines is 3. The van der Waals surface area contributed by atoms with Crippen molar-refractivity contribution < 1.29 is 14.3 Å². The standard InChI is InChI=1S/C27H30N8O3/c1-5-24(36)30-19-7-6-8-20(15-19)38-27-33-26(31-23-9-12-28-35(23)27)32-25-22(37-4)16-21(17(2)29-25)18-10-13-34(3)14-11-18/h5-9,12,15-16,18H,1,10-11,13-14H2,2-4H3,(H,30,36)(H,29,31,32). The Balaban J connectivity index is 1.43. The van der Waals surface area contributed by atoms with E-state index in [1.165, 1.54) is 16.2 Å². The Morgan fingerprint density at radius 2 is 1.97 bits per heavy atom. The number of fused-ring (bicyclic) bond motifs is 1. The molecule has 0 bridgehead atoms. The molecule has 3 aromatic heterocycles. The molecule has 0 atom stereocenters. The van der Waals surface area contributed by atoms with Crippen molar-refractivity contribution in [2.75, 3.05) is 37.9 Å². The van der Waals surface area contributed by atoms with E-state index in [1.54, 1.807) is 43.6 Å². The number of nitrogens with one attached hydrogen (secondary N) is 2. The Bertz CT molecular complexity index is 1480. The summed E-state index contributed by atoms with van der Waals surface area (Å²) < 4.78 is 13.2. The molecule has 0 aliphatic carbocycles. The summed E-state index contributed by atoms with van der Waals surface area (Å²) in [4.78, 5) is 28.0. The van der Waals surface area contributed by atoms with Gasteiger partial charge in [-0.15, -0.1) is 0 Å². The molecule has 1 aliphatic heterocycles. The molecule has 196 valence electrons. The van der Waals surface area contributed by atoms with Gasteiger partial charge in [-0.1, -0.05) is 12.6 Å². The Morgan fingerprint density at radius 1 is 1.16 bits per heavy atom. The van der Waals surface area contributed by atoms with Gasteiger partial charge in [0.1, 0.15) is 5.75 Å². The number of methoxy groups -OCH3 is 1. The van der Waals surface area contributed by atoms with Gasteiger partial charge >= 0.3 is 6.01 Å². The normalized spacial score (nSPS) is 14.3. The summed E-state index contributed by atoms with van der Waals surface area (Å²) >= 11 is 0. The van der Waals surface area contributed by atoms with E-state index in [4.69, 9.17) is 14.5 Å². The van der Waals surface area contributed by atoms with E-state index in [0.717, 1.165) is 31.6 Å². The van der Waals surface area contributed by atoms with Crippen LogP contribution in [0.4, 0.5) is 17.5 Å². The van der Waals surface area contributed by atoms with E-state index >= 15 is 0 Å². The van der Waals surface area contributed by atoms with Crippen LogP contribution >= 0.6 is 0 Å². The van der Waals surface area contributed by atoms with Crippen LogP contribution in [0.3, 0.4) is 0 Å². The number of ether oxygens (including phenoxy) is 2. The number of carbonyl (C=O) groups is 1. The minimum atomic E-state index is -0.316. The molecular weight excluding hydrogens is 484 g/mol. The summed E-state index contributed by atoms with van der Waals surface area (Å²) in [5.41, 5.74) is 3.25. The van der Waals surface area contributed by atoms with Crippen molar-refractivity contribution in [3.8, 4) is 17.5 Å². The van der Waals surface area contributed by atoms with Crippen LogP contribution in [-0.4, -0.2) is 62.6 Å². The minimum Gasteiger partial charge on any atom is -0.493 e. The van der Waals surface area contributed by atoms with Crippen molar-refractivity contribution in [3.63, 3.8) is 0 Å². The molecule has 2 N–H and O–H groups in total. The first-order valence-corrected chi connectivity index (χ1v) is 12.4. The molecule has 1 aromatic carbocycles. The van der Waals surface area contributed by atoms with Crippen LogP contribution in [0.2, 0.25) is 0 Å². The lowest BCUT2D eigenvalue weighted by atomic mass is 9.88. The number of likely N-dealkylation sites (tertiary alicyclic amines) is 1. The van der Waals surface area contributed by atoms with Gasteiger partial charge in [0.15, 0.2) is 17.2 Å². The highest BCUT2D eigenvalue weighted by atomic mass is 16.5. The van der Waals surface area contributed by atoms with Crippen molar-refractivity contribution in [1.82, 2.24) is 29.5 Å². The smallest absolute Gasteiger partial charge is 0.328 e. The van der Waals surface area contributed by atoms with Gasteiger partial charge in [0, 0.05) is 23.5 Å². The van der Waals surface area contributed by atoms with Gasteiger partial charge in [0.05, 0.1) is 13.3 Å². The second-order valence-electron chi connectivity index (χ2n) is 9.17. The summed E-state index contributed by atoms with van der Waals surface area (Å²) in [5, 5.41) is 10.2. The highest BCUT2D eigenvalue weighted by Gasteiger charge is 2.23. The summed E-state index contributed by atoms with van der Waals surface area (Å²) in [6.45, 7) is 7.63. The molecule has 0 spiro atoms. The predicted molar refractivity (Wildman–Crippen MR) is 144 cm³/mol. The molecule has 1 saturated heterocycles. The molecule has 4 heterocycles. The number of hydrogen-bond donors (Lipinski definition) is 2. The molecule has 1 fully saturated rings. The van der Waals surface area contributed by atoms with Crippen LogP contribution in [0.1, 0.15) is 30.0 Å². The second-order valence-corrected chi connectivity index (χ2v) is 9.17. The van der Waals surface area contributed by atoms with Gasteiger partial charge in [0.2, 0.25) is 11.9 Å². The number of pyridine rings is 1. The van der Waals surface area contributed by atoms with Crippen molar-refractivity contribution in [2.45, 2.75) is 25.7 Å². The van der Waals surface area contributed by atoms with Crippen molar-refractivity contribution in [1.29, 1.82) is 0 Å². The average Bonchev–Trinajstić information content (AvgIpc) is 3.39. The number of carbonyl (C=O) groups excluding carboxylic acids is 1. The molecule has 1 aliphatic rings. The SMILES string of the molecule is C=CC(=O)Nc1cccc(Oc2nc(Nc3nc(C)c(C4CCN(C)CC4)cc3OC)nc3ccnn23)c1. The highest BCUT2D eigenvalue weighted by Crippen LogP contribution is 2.35. The minimum absolute atomic E-state index is 0.188. The van der Waals surface area contributed by atoms with Crippen LogP contribution in [0.15, 0.2) is 55.3 Å². The molecule has 38 heavy (non-hydrogen) atoms. The van der Waals surface area contributed by atoms with Crippen molar-refractivity contribution >= 4 is 29.0 Å². The summed E-state index contributed by atoms with van der Waals surface area (Å²) in [7, 11) is 3.78. The maximum Gasteiger partial charge on any atom is 0.328 e. The van der Waals surface area contributed by atoms with E-state index in [-0.39, 0.29) is 17.9 Å². The van der Waals surface area contributed by atoms with Gasteiger partial charge in [-0.05, 0) is 75.7 Å². The Morgan fingerprint density at radius 3 is 2.74 bits per heavy atom. The van der Waals surface area contributed by atoms with Crippen LogP contribution < -0.4 is 20.1 Å². The first-order valence-electron chi connectivity index (χ1n) is 12.4. The number of aryl methyl sites for hydroxylation is 1. The zero-order valence-electron chi connectivity index (χ0n) is 21.6. The fourth-order valence-corrected chi connectivity index (χ4v) is 4.54. The topological polar surface area (TPSA) is 119 Å². The average molecular weight is 515 g/mol. The van der Waals surface area contributed by atoms with E-state index in [9.17, 15) is 4.79 Å². The number of rotatable bonds is 8. The third-order valence-corrected chi connectivity index (χ3v) is 6.55. The monoisotopic (exact) mass is 514 g/mol. The number of benzene rings is 1. The largest absolute Gasteiger partial charge is 0.493 e. The zero-order chi connectivity index (χ0) is 26.6. The Kier molecular flexibility index (Phi) is 7.18. The number of amides is 1. The number of aromatic nitrogens is 5. The van der Waals surface area contributed by atoms with Gasteiger partial charge in [0.25, 0.3) is 0 Å². The third-order valence-electron chi connectivity index (χ3n) is 6.55. The molecule has 0 radical (unpaired) electrons. The molecule has 0 unspecified atom stereocenters. The van der Waals surface area contributed by atoms with Gasteiger partial charge in [-0.2, -0.15) is 19.6 Å². The lowest BCUT2D eigenvalue weighted by molar-refractivity contribution is -0.111. The van der Waals surface area contributed by atoms with Crippen LogP contribution in [0.5, 0.6) is 17.5 Å². The molecule has 0 saturated carbocycles. The molecule has 11 heteroatoms. The summed E-state index contributed by atoms with van der Waals surface area (Å²) in [6.07, 6.45) is 5.00. The first kappa shape index (κ1) is 25.2. The number of piperidine rings is 1. The fourth-order valence-electron chi connectivity index (χ4n) is 4.54. The fraction of sp³-hybridized carbons (Fsp3) is 0.296. The zero-order valence-corrected chi connectivity index (χ0v) is 21.6. The van der Waals surface area contributed by atoms with Gasteiger partial charge in [-0.25, -0.2) is 4.98 Å². The van der Waals surface area contributed by atoms with Crippen LogP contribution in [0, 0.1) is 6.92 Å². The molecule has 5 rings (SSSR count). The predicted octanol–water partition coefficient (Wildman–Crippen LogP) is 4.31. The molecule has 11 nitrogen and oxygen atoms in total. The number of hydrogen-bond acceptors (Lipinski definition) is 9. The summed E-state index contributed by atoms with van der Waals surface area (Å²) in [6, 6.07) is 11.0. The highest BCUT2D eigenvalue weighted by molar-refractivity contribution is 5.98. The lowest BCUT2D eigenvalue weighted by Crippen LogP contribution is -2.29. The molecule has 4 aromatic rings. The Labute approximate surface area is 220 Å². The quantitative estimate of drug-likeness (QED) is 0.332. The van der Waals surface area contributed by atoms with E-state index in [2.05, 4.69) is 50.3 Å². The summed E-state index contributed by atoms with van der Waals surface area (Å²) in [5.74, 6) is 2.01. The first-order chi connectivity index (χ1) is 18.4. The second kappa shape index (κ2) is 10.9. The van der Waals surface area contributed by atoms with Crippen LogP contribution in [-0.2, 0) is 4.79 Å². The maximum atomic E-state index is 11.7. The van der Waals surface area contributed by atoms with Gasteiger partial charge in [-0.3, -0.25) is 4.79 Å². The van der Waals surface area contributed by atoms with E-state index in [0.29, 0.717) is 34.6 Å². The van der Waals surface area contributed by atoms with E-state index < -0.39 is 0 Å². The third kappa shape index (κ3) is 5.42. The van der Waals surface area contributed by atoms with Gasteiger partial charge < -0.3 is 25.0 Å². The molecular formula is C27H30N8O3. The molecule has 1 amide bonds. The van der Waals surface area contributed by atoms with Crippen molar-refractivity contribution in [2.24, 2.45) is 0 Å². The maximum absolute atomic E-state index is 11.7. The van der Waals surface area contributed by atoms with Crippen molar-refractivity contribution in [3.05, 3.63) is 66.5 Å². The Hall–Kier alpha value is -4.51. The number of nitrogens with zero attached hydrogens (tertiary/aromatic N) is 6. The van der Waals surface area contributed by atoms with E-state index in [1.807, 2.05) is 6.92 Å². The van der Waals surface area contributed by atoms with Crippen LogP contribution in [0.25, 0.3) is 5.65 Å².